The molecule has 0 amide bonds. The van der Waals surface area contributed by atoms with E-state index in [4.69, 9.17) is 5.11 Å². The van der Waals surface area contributed by atoms with E-state index < -0.39 is 5.97 Å². The van der Waals surface area contributed by atoms with Crippen LogP contribution >= 0.6 is 0 Å². The number of carbonyl (C=O) groups is 1. The second kappa shape index (κ2) is 7.16. The van der Waals surface area contributed by atoms with E-state index in [9.17, 15) is 4.79 Å². The number of nitrogens with zero attached hydrogens (tertiary/aromatic N) is 4. The van der Waals surface area contributed by atoms with Crippen molar-refractivity contribution in [3.8, 4) is 0 Å². The average molecular weight is 266 g/mol. The second-order valence-electron chi connectivity index (χ2n) is 4.86. The van der Waals surface area contributed by atoms with Crippen molar-refractivity contribution in [2.45, 2.75) is 26.4 Å². The lowest BCUT2D eigenvalue weighted by Gasteiger charge is -2.29. The van der Waals surface area contributed by atoms with Crippen LogP contribution in [0.5, 0.6) is 0 Å². The van der Waals surface area contributed by atoms with Crippen molar-refractivity contribution in [3.63, 3.8) is 0 Å². The molecule has 1 heterocycles. The molecule has 0 saturated heterocycles. The summed E-state index contributed by atoms with van der Waals surface area (Å²) < 4.78 is 0. The van der Waals surface area contributed by atoms with Gasteiger partial charge in [-0.2, -0.15) is 0 Å². The largest absolute Gasteiger partial charge is 0.478 e. The average Bonchev–Trinajstić information content (AvgIpc) is 2.35. The van der Waals surface area contributed by atoms with Crippen LogP contribution in [0.3, 0.4) is 0 Å². The van der Waals surface area contributed by atoms with Crippen LogP contribution in [0.1, 0.15) is 29.9 Å². The maximum atomic E-state index is 11.1. The molecule has 1 atom stereocenters. The van der Waals surface area contributed by atoms with Crippen molar-refractivity contribution in [2.24, 2.45) is 0 Å². The van der Waals surface area contributed by atoms with Gasteiger partial charge in [0, 0.05) is 25.3 Å². The normalized spacial score (nSPS) is 12.9. The standard InChI is InChI=1S/C13H22N4O2/c1-5-17(10(2)7-16(3)4)8-12-11(13(18)19)6-14-9-15-12/h6,9-10H,5,7-8H2,1-4H3,(H,18,19). The third-order valence-corrected chi connectivity index (χ3v) is 3.04. The van der Waals surface area contributed by atoms with Crippen molar-refractivity contribution < 1.29 is 9.90 Å². The highest BCUT2D eigenvalue weighted by Crippen LogP contribution is 2.10. The minimum atomic E-state index is -0.980. The van der Waals surface area contributed by atoms with E-state index >= 15 is 0 Å². The predicted octanol–water partition coefficient (Wildman–Crippen LogP) is 0.947. The van der Waals surface area contributed by atoms with Gasteiger partial charge in [-0.3, -0.25) is 4.90 Å². The lowest BCUT2D eigenvalue weighted by atomic mass is 10.2. The van der Waals surface area contributed by atoms with E-state index in [1.807, 2.05) is 14.1 Å². The first kappa shape index (κ1) is 15.5. The summed E-state index contributed by atoms with van der Waals surface area (Å²) in [6, 6.07) is 0.330. The minimum Gasteiger partial charge on any atom is -0.478 e. The van der Waals surface area contributed by atoms with E-state index in [-0.39, 0.29) is 5.56 Å². The van der Waals surface area contributed by atoms with Crippen molar-refractivity contribution in [1.29, 1.82) is 0 Å². The summed E-state index contributed by atoms with van der Waals surface area (Å²) in [5, 5.41) is 9.13. The summed E-state index contributed by atoms with van der Waals surface area (Å²) in [5.41, 5.74) is 0.743. The van der Waals surface area contributed by atoms with E-state index in [0.717, 1.165) is 13.1 Å². The van der Waals surface area contributed by atoms with Crippen molar-refractivity contribution in [3.05, 3.63) is 23.8 Å². The Hall–Kier alpha value is -1.53. The molecule has 1 unspecified atom stereocenters. The molecule has 0 aliphatic carbocycles. The van der Waals surface area contributed by atoms with Gasteiger partial charge in [0.25, 0.3) is 0 Å². The van der Waals surface area contributed by atoms with Gasteiger partial charge in [-0.25, -0.2) is 14.8 Å². The van der Waals surface area contributed by atoms with Gasteiger partial charge in [0.1, 0.15) is 11.9 Å². The molecule has 6 heteroatoms. The smallest absolute Gasteiger partial charge is 0.339 e. The molecular weight excluding hydrogens is 244 g/mol. The molecule has 0 fully saturated rings. The molecular formula is C13H22N4O2. The molecule has 0 bridgehead atoms. The molecule has 0 aromatic carbocycles. The molecule has 0 aliphatic heterocycles. The monoisotopic (exact) mass is 266 g/mol. The van der Waals surface area contributed by atoms with E-state index in [1.165, 1.54) is 12.5 Å². The summed E-state index contributed by atoms with van der Waals surface area (Å²) >= 11 is 0. The van der Waals surface area contributed by atoms with Crippen LogP contribution in [-0.4, -0.2) is 64.1 Å². The van der Waals surface area contributed by atoms with Crippen LogP contribution in [0.25, 0.3) is 0 Å². The molecule has 0 radical (unpaired) electrons. The predicted molar refractivity (Wildman–Crippen MR) is 73.1 cm³/mol. The Bertz CT molecular complexity index is 423. The SMILES string of the molecule is CCN(Cc1ncncc1C(=O)O)C(C)CN(C)C. The lowest BCUT2D eigenvalue weighted by molar-refractivity contribution is 0.0692. The lowest BCUT2D eigenvalue weighted by Crippen LogP contribution is -2.40. The zero-order valence-corrected chi connectivity index (χ0v) is 12.0. The number of hydrogen-bond donors (Lipinski definition) is 1. The number of aromatic nitrogens is 2. The fraction of sp³-hybridized carbons (Fsp3) is 0.615. The fourth-order valence-corrected chi connectivity index (χ4v) is 2.08. The Kier molecular flexibility index (Phi) is 5.85. The van der Waals surface area contributed by atoms with Crippen molar-refractivity contribution >= 4 is 5.97 Å². The molecule has 19 heavy (non-hydrogen) atoms. The fourth-order valence-electron chi connectivity index (χ4n) is 2.08. The second-order valence-corrected chi connectivity index (χ2v) is 4.86. The van der Waals surface area contributed by atoms with Gasteiger partial charge < -0.3 is 10.0 Å². The van der Waals surface area contributed by atoms with Gasteiger partial charge in [0.05, 0.1) is 5.69 Å². The van der Waals surface area contributed by atoms with Crippen LogP contribution in [-0.2, 0) is 6.54 Å². The summed E-state index contributed by atoms with van der Waals surface area (Å²) in [5.74, 6) is -0.980. The first-order valence-electron chi connectivity index (χ1n) is 6.36. The molecule has 1 rings (SSSR count). The minimum absolute atomic E-state index is 0.179. The number of aromatic carboxylic acids is 1. The zero-order chi connectivity index (χ0) is 14.4. The highest BCUT2D eigenvalue weighted by atomic mass is 16.4. The van der Waals surface area contributed by atoms with E-state index in [0.29, 0.717) is 18.3 Å². The summed E-state index contributed by atoms with van der Waals surface area (Å²) in [6.45, 7) is 6.48. The summed E-state index contributed by atoms with van der Waals surface area (Å²) in [4.78, 5) is 23.3. The number of likely N-dealkylation sites (N-methyl/N-ethyl adjacent to an activating group) is 2. The number of carboxylic acids is 1. The van der Waals surface area contributed by atoms with Gasteiger partial charge >= 0.3 is 5.97 Å². The Morgan fingerprint density at radius 3 is 2.68 bits per heavy atom. The Morgan fingerprint density at radius 1 is 1.47 bits per heavy atom. The number of rotatable bonds is 7. The van der Waals surface area contributed by atoms with Gasteiger partial charge in [0.2, 0.25) is 0 Å². The molecule has 1 N–H and O–H groups in total. The van der Waals surface area contributed by atoms with Gasteiger partial charge in [-0.1, -0.05) is 6.92 Å². The highest BCUT2D eigenvalue weighted by molar-refractivity contribution is 5.88. The molecule has 106 valence electrons. The number of hydrogen-bond acceptors (Lipinski definition) is 5. The van der Waals surface area contributed by atoms with Gasteiger partial charge in [0.15, 0.2) is 0 Å². The topological polar surface area (TPSA) is 69.6 Å². The summed E-state index contributed by atoms with van der Waals surface area (Å²) in [7, 11) is 4.05. The third kappa shape index (κ3) is 4.57. The molecule has 1 aromatic heterocycles. The van der Waals surface area contributed by atoms with Crippen molar-refractivity contribution in [1.82, 2.24) is 19.8 Å². The van der Waals surface area contributed by atoms with Gasteiger partial charge in [-0.05, 0) is 27.6 Å². The van der Waals surface area contributed by atoms with Crippen LogP contribution in [0.4, 0.5) is 0 Å². The summed E-state index contributed by atoms with van der Waals surface area (Å²) in [6.07, 6.45) is 2.75. The van der Waals surface area contributed by atoms with E-state index in [1.54, 1.807) is 0 Å². The first-order valence-corrected chi connectivity index (χ1v) is 6.36. The zero-order valence-electron chi connectivity index (χ0n) is 12.0. The Morgan fingerprint density at radius 2 is 2.16 bits per heavy atom. The molecule has 1 aromatic rings. The third-order valence-electron chi connectivity index (χ3n) is 3.04. The van der Waals surface area contributed by atoms with Crippen LogP contribution in [0.2, 0.25) is 0 Å². The molecule has 6 nitrogen and oxygen atoms in total. The quantitative estimate of drug-likeness (QED) is 0.792. The maximum Gasteiger partial charge on any atom is 0.339 e. The van der Waals surface area contributed by atoms with Crippen LogP contribution in [0.15, 0.2) is 12.5 Å². The first-order chi connectivity index (χ1) is 8.95. The van der Waals surface area contributed by atoms with Crippen molar-refractivity contribution in [2.75, 3.05) is 27.2 Å². The van der Waals surface area contributed by atoms with E-state index in [2.05, 4.69) is 33.6 Å². The van der Waals surface area contributed by atoms with Gasteiger partial charge in [-0.15, -0.1) is 0 Å². The molecule has 0 spiro atoms. The molecule has 0 aliphatic rings. The Balaban J connectivity index is 2.84. The highest BCUT2D eigenvalue weighted by Gasteiger charge is 2.18. The Labute approximate surface area is 114 Å². The number of carboxylic acid groups (broad SMARTS) is 1. The molecule has 0 saturated carbocycles. The maximum absolute atomic E-state index is 11.1. The van der Waals surface area contributed by atoms with Crippen LogP contribution in [0, 0.1) is 0 Å². The van der Waals surface area contributed by atoms with Crippen LogP contribution < -0.4 is 0 Å².